The minimum absolute atomic E-state index is 0.0760. The molecule has 24 heavy (non-hydrogen) atoms. The van der Waals surface area contributed by atoms with Gasteiger partial charge in [0.05, 0.1) is 33.4 Å². The highest BCUT2D eigenvalue weighted by atomic mass is 19.1. The van der Waals surface area contributed by atoms with Gasteiger partial charge in [0, 0.05) is 19.2 Å². The molecule has 0 aliphatic heterocycles. The SMILES string of the molecule is COC(=O)CCN(CCOCCO)C(=O)/C=C/c1ccc(F)cc1. The van der Waals surface area contributed by atoms with Gasteiger partial charge in [-0.3, -0.25) is 9.59 Å². The highest BCUT2D eigenvalue weighted by Gasteiger charge is 2.13. The van der Waals surface area contributed by atoms with E-state index in [0.717, 1.165) is 0 Å². The van der Waals surface area contributed by atoms with Gasteiger partial charge in [-0.05, 0) is 23.8 Å². The van der Waals surface area contributed by atoms with E-state index in [1.54, 1.807) is 18.2 Å². The van der Waals surface area contributed by atoms with Gasteiger partial charge in [0.25, 0.3) is 0 Å². The molecule has 0 bridgehead atoms. The van der Waals surface area contributed by atoms with Crippen molar-refractivity contribution < 1.29 is 28.6 Å². The van der Waals surface area contributed by atoms with Gasteiger partial charge in [0.2, 0.25) is 5.91 Å². The normalized spacial score (nSPS) is 10.8. The third-order valence-corrected chi connectivity index (χ3v) is 3.15. The minimum Gasteiger partial charge on any atom is -0.469 e. The number of halogens is 1. The number of rotatable bonds is 10. The van der Waals surface area contributed by atoms with E-state index in [2.05, 4.69) is 4.74 Å². The molecule has 132 valence electrons. The number of carbonyl (C=O) groups excluding carboxylic acids is 2. The van der Waals surface area contributed by atoms with Crippen molar-refractivity contribution in [2.45, 2.75) is 6.42 Å². The molecule has 0 fully saturated rings. The van der Waals surface area contributed by atoms with Crippen molar-refractivity contribution >= 4 is 18.0 Å². The Hall–Kier alpha value is -2.25. The highest BCUT2D eigenvalue weighted by molar-refractivity contribution is 5.92. The number of methoxy groups -OCH3 is 1. The molecule has 0 heterocycles. The lowest BCUT2D eigenvalue weighted by atomic mass is 10.2. The molecule has 0 saturated carbocycles. The monoisotopic (exact) mass is 339 g/mol. The quantitative estimate of drug-likeness (QED) is 0.394. The van der Waals surface area contributed by atoms with Crippen molar-refractivity contribution in [1.29, 1.82) is 0 Å². The van der Waals surface area contributed by atoms with Crippen LogP contribution in [0.3, 0.4) is 0 Å². The molecule has 0 spiro atoms. The molecular weight excluding hydrogens is 317 g/mol. The second-order valence-electron chi connectivity index (χ2n) is 4.87. The van der Waals surface area contributed by atoms with Crippen LogP contribution in [0.25, 0.3) is 6.08 Å². The fraction of sp³-hybridized carbons (Fsp3) is 0.412. The predicted molar refractivity (Wildman–Crippen MR) is 86.6 cm³/mol. The zero-order chi connectivity index (χ0) is 17.8. The molecule has 0 radical (unpaired) electrons. The Morgan fingerprint density at radius 2 is 1.92 bits per heavy atom. The first-order valence-electron chi connectivity index (χ1n) is 7.54. The number of aliphatic hydroxyl groups excluding tert-OH is 1. The van der Waals surface area contributed by atoms with Crippen LogP contribution < -0.4 is 0 Å². The van der Waals surface area contributed by atoms with Crippen LogP contribution in [0.15, 0.2) is 30.3 Å². The Morgan fingerprint density at radius 1 is 1.21 bits per heavy atom. The first-order chi connectivity index (χ1) is 11.6. The molecular formula is C17H22FNO5. The number of amides is 1. The van der Waals surface area contributed by atoms with Crippen molar-refractivity contribution in [2.24, 2.45) is 0 Å². The molecule has 1 aromatic rings. The summed E-state index contributed by atoms with van der Waals surface area (Å²) in [5, 5.41) is 8.67. The van der Waals surface area contributed by atoms with Crippen molar-refractivity contribution in [1.82, 2.24) is 4.90 Å². The topological polar surface area (TPSA) is 76.1 Å². The maximum Gasteiger partial charge on any atom is 0.307 e. The van der Waals surface area contributed by atoms with E-state index >= 15 is 0 Å². The maximum atomic E-state index is 12.9. The largest absolute Gasteiger partial charge is 0.469 e. The standard InChI is InChI=1S/C17H22FNO5/c1-23-17(22)8-9-19(10-12-24-13-11-20)16(21)7-4-14-2-5-15(18)6-3-14/h2-7,20H,8-13H2,1H3/b7-4+. The lowest BCUT2D eigenvalue weighted by Gasteiger charge is -2.20. The summed E-state index contributed by atoms with van der Waals surface area (Å²) in [5.41, 5.74) is 0.689. The van der Waals surface area contributed by atoms with Crippen LogP contribution in [0, 0.1) is 5.82 Å². The number of ether oxygens (including phenoxy) is 2. The van der Waals surface area contributed by atoms with Crippen LogP contribution >= 0.6 is 0 Å². The Balaban J connectivity index is 2.62. The Kier molecular flexibility index (Phi) is 9.33. The fourth-order valence-corrected chi connectivity index (χ4v) is 1.85. The summed E-state index contributed by atoms with van der Waals surface area (Å²) < 4.78 is 22.6. The number of aliphatic hydroxyl groups is 1. The number of hydrogen-bond donors (Lipinski definition) is 1. The number of hydrogen-bond acceptors (Lipinski definition) is 5. The lowest BCUT2D eigenvalue weighted by molar-refractivity contribution is -0.141. The Bertz CT molecular complexity index is 544. The molecule has 1 aromatic carbocycles. The molecule has 0 saturated heterocycles. The lowest BCUT2D eigenvalue weighted by Crippen LogP contribution is -2.35. The summed E-state index contributed by atoms with van der Waals surface area (Å²) >= 11 is 0. The van der Waals surface area contributed by atoms with Crippen LogP contribution in [0.1, 0.15) is 12.0 Å². The molecule has 1 N–H and O–H groups in total. The minimum atomic E-state index is -0.411. The van der Waals surface area contributed by atoms with Crippen molar-refractivity contribution in [2.75, 3.05) is 40.0 Å². The zero-order valence-electron chi connectivity index (χ0n) is 13.6. The average Bonchev–Trinajstić information content (AvgIpc) is 2.60. The van der Waals surface area contributed by atoms with E-state index in [4.69, 9.17) is 9.84 Å². The van der Waals surface area contributed by atoms with E-state index in [1.807, 2.05) is 0 Å². The summed E-state index contributed by atoms with van der Waals surface area (Å²) in [6, 6.07) is 5.73. The van der Waals surface area contributed by atoms with E-state index in [0.29, 0.717) is 5.56 Å². The van der Waals surface area contributed by atoms with E-state index in [1.165, 1.54) is 30.2 Å². The average molecular weight is 339 g/mol. The van der Waals surface area contributed by atoms with Gasteiger partial charge in [-0.15, -0.1) is 0 Å². The Labute approximate surface area is 140 Å². The van der Waals surface area contributed by atoms with Crippen molar-refractivity contribution in [3.05, 3.63) is 41.7 Å². The van der Waals surface area contributed by atoms with E-state index in [-0.39, 0.29) is 51.1 Å². The summed E-state index contributed by atoms with van der Waals surface area (Å²) in [7, 11) is 1.29. The fourth-order valence-electron chi connectivity index (χ4n) is 1.85. The van der Waals surface area contributed by atoms with E-state index < -0.39 is 5.97 Å². The smallest absolute Gasteiger partial charge is 0.307 e. The first-order valence-corrected chi connectivity index (χ1v) is 7.54. The molecule has 0 aliphatic carbocycles. The summed E-state index contributed by atoms with van der Waals surface area (Å²) in [6.45, 7) is 0.814. The third kappa shape index (κ3) is 7.85. The number of carbonyl (C=O) groups is 2. The van der Waals surface area contributed by atoms with Crippen molar-refractivity contribution in [3.8, 4) is 0 Å². The van der Waals surface area contributed by atoms with Gasteiger partial charge in [-0.1, -0.05) is 12.1 Å². The maximum absolute atomic E-state index is 12.9. The molecule has 0 aliphatic rings. The number of benzene rings is 1. The van der Waals surface area contributed by atoms with E-state index in [9.17, 15) is 14.0 Å². The third-order valence-electron chi connectivity index (χ3n) is 3.15. The van der Waals surface area contributed by atoms with Gasteiger partial charge >= 0.3 is 5.97 Å². The van der Waals surface area contributed by atoms with Gasteiger partial charge in [0.15, 0.2) is 0 Å². The van der Waals surface area contributed by atoms with Crippen LogP contribution in [0.4, 0.5) is 4.39 Å². The van der Waals surface area contributed by atoms with Gasteiger partial charge in [-0.2, -0.15) is 0 Å². The zero-order valence-corrected chi connectivity index (χ0v) is 13.6. The summed E-state index contributed by atoms with van der Waals surface area (Å²) in [4.78, 5) is 25.0. The molecule has 1 amide bonds. The second kappa shape index (κ2) is 11.3. The van der Waals surface area contributed by atoms with Crippen LogP contribution in [-0.2, 0) is 19.1 Å². The van der Waals surface area contributed by atoms with Crippen molar-refractivity contribution in [3.63, 3.8) is 0 Å². The van der Waals surface area contributed by atoms with Gasteiger partial charge in [0.1, 0.15) is 5.82 Å². The van der Waals surface area contributed by atoms with Gasteiger partial charge < -0.3 is 19.5 Å². The second-order valence-corrected chi connectivity index (χ2v) is 4.87. The summed E-state index contributed by atoms with van der Waals surface area (Å²) in [5.74, 6) is -1.05. The first kappa shape index (κ1) is 19.8. The molecule has 0 aromatic heterocycles. The molecule has 6 nitrogen and oxygen atoms in total. The molecule has 1 rings (SSSR count). The molecule has 0 unspecified atom stereocenters. The molecule has 7 heteroatoms. The van der Waals surface area contributed by atoms with Gasteiger partial charge in [-0.25, -0.2) is 4.39 Å². The Morgan fingerprint density at radius 3 is 2.54 bits per heavy atom. The summed E-state index contributed by atoms with van der Waals surface area (Å²) in [6.07, 6.45) is 3.00. The van der Waals surface area contributed by atoms with Crippen LogP contribution in [-0.4, -0.2) is 61.9 Å². The molecule has 0 atom stereocenters. The highest BCUT2D eigenvalue weighted by Crippen LogP contribution is 2.06. The predicted octanol–water partition coefficient (Wildman–Crippen LogP) is 1.24. The van der Waals surface area contributed by atoms with Crippen LogP contribution in [0.5, 0.6) is 0 Å². The number of nitrogens with zero attached hydrogens (tertiary/aromatic N) is 1. The number of esters is 1. The van der Waals surface area contributed by atoms with Crippen LogP contribution in [0.2, 0.25) is 0 Å².